The zero-order valence-electron chi connectivity index (χ0n) is 15.8. The van der Waals surface area contributed by atoms with E-state index in [9.17, 15) is 14.7 Å². The first-order chi connectivity index (χ1) is 12.9. The van der Waals surface area contributed by atoms with Gasteiger partial charge in [0.05, 0.1) is 23.1 Å². The monoisotopic (exact) mass is 424 g/mol. The molecule has 2 aliphatic rings. The Labute approximate surface area is 195 Å². The standard InChI is InChI=1S/C19H18N2O4S2.Na/c1-3-20-13-6-4-5-7-14(13)25-16(20)9-8-12(2)10-15-18(24)21(11-17(22)23)19(26)27-15;/h4-10H,3,11H2,1-2H3,(H,22,23);/q;+1/p-1/b12-8+,15-10+,16-9-;. The van der Waals surface area contributed by atoms with E-state index >= 15 is 0 Å². The van der Waals surface area contributed by atoms with E-state index in [4.69, 9.17) is 17.0 Å². The summed E-state index contributed by atoms with van der Waals surface area (Å²) >= 11 is 6.15. The van der Waals surface area contributed by atoms with Crippen molar-refractivity contribution in [1.29, 1.82) is 0 Å². The molecule has 0 N–H and O–H groups in total. The molecule has 6 nitrogen and oxygen atoms in total. The van der Waals surface area contributed by atoms with Gasteiger partial charge in [0.2, 0.25) is 5.88 Å². The van der Waals surface area contributed by atoms with Crippen LogP contribution in [0, 0.1) is 0 Å². The molecule has 0 bridgehead atoms. The quantitative estimate of drug-likeness (QED) is 0.348. The Kier molecular flexibility index (Phi) is 7.91. The van der Waals surface area contributed by atoms with E-state index in [-0.39, 0.29) is 33.9 Å². The number of thiocarbonyl (C=S) groups is 1. The maximum Gasteiger partial charge on any atom is 1.00 e. The van der Waals surface area contributed by atoms with Crippen LogP contribution in [0.1, 0.15) is 13.8 Å². The van der Waals surface area contributed by atoms with Crippen LogP contribution in [0.25, 0.3) is 0 Å². The molecule has 0 radical (unpaired) electrons. The van der Waals surface area contributed by atoms with Crippen molar-refractivity contribution < 1.29 is 49.0 Å². The third-order valence-electron chi connectivity index (χ3n) is 3.96. The number of carboxylic acid groups (broad SMARTS) is 1. The van der Waals surface area contributed by atoms with Crippen molar-refractivity contribution in [3.05, 3.63) is 58.9 Å². The van der Waals surface area contributed by atoms with E-state index in [2.05, 4.69) is 4.90 Å². The Morgan fingerprint density at radius 1 is 1.32 bits per heavy atom. The summed E-state index contributed by atoms with van der Waals surface area (Å²) in [6, 6.07) is 7.80. The Hall–Kier alpha value is -1.58. The molecule has 0 saturated carbocycles. The third kappa shape index (κ3) is 4.87. The number of ether oxygens (including phenoxy) is 1. The zero-order valence-corrected chi connectivity index (χ0v) is 19.4. The Balaban J connectivity index is 0.00000280. The van der Waals surface area contributed by atoms with Crippen molar-refractivity contribution in [3.8, 4) is 5.75 Å². The molecule has 140 valence electrons. The minimum Gasteiger partial charge on any atom is -0.548 e. The van der Waals surface area contributed by atoms with Gasteiger partial charge in [-0.1, -0.05) is 42.2 Å². The zero-order chi connectivity index (χ0) is 19.6. The van der Waals surface area contributed by atoms with Crippen LogP contribution in [0.5, 0.6) is 5.75 Å². The molecule has 2 heterocycles. The minimum atomic E-state index is -1.35. The molecule has 0 aromatic heterocycles. The van der Waals surface area contributed by atoms with Crippen molar-refractivity contribution in [2.75, 3.05) is 18.0 Å². The van der Waals surface area contributed by atoms with E-state index in [1.807, 2.05) is 50.3 Å². The number of amides is 1. The number of aliphatic carboxylic acids is 1. The topological polar surface area (TPSA) is 72.9 Å². The van der Waals surface area contributed by atoms with Crippen molar-refractivity contribution in [1.82, 2.24) is 4.90 Å². The van der Waals surface area contributed by atoms with Crippen LogP contribution in [-0.2, 0) is 9.59 Å². The number of thioether (sulfide) groups is 1. The van der Waals surface area contributed by atoms with E-state index < -0.39 is 18.4 Å². The van der Waals surface area contributed by atoms with Gasteiger partial charge in [0, 0.05) is 6.54 Å². The SMILES string of the molecule is CCN1/C(=C/C=C(C)/C=C2/SC(=S)N(CC(=O)[O-])C2=O)Oc2ccccc21.[Na+]. The minimum absolute atomic E-state index is 0. The second kappa shape index (κ2) is 9.76. The van der Waals surface area contributed by atoms with Crippen molar-refractivity contribution in [2.24, 2.45) is 0 Å². The number of para-hydroxylation sites is 2. The molecule has 0 spiro atoms. The molecule has 1 amide bonds. The third-order valence-corrected chi connectivity index (χ3v) is 5.34. The molecule has 0 aliphatic carbocycles. The number of carboxylic acids is 1. The summed E-state index contributed by atoms with van der Waals surface area (Å²) in [5.41, 5.74) is 1.83. The number of benzene rings is 1. The predicted molar refractivity (Wildman–Crippen MR) is 107 cm³/mol. The smallest absolute Gasteiger partial charge is 0.548 e. The van der Waals surface area contributed by atoms with Gasteiger partial charge in [0.1, 0.15) is 4.32 Å². The maximum atomic E-state index is 12.3. The molecule has 0 unspecified atom stereocenters. The van der Waals surface area contributed by atoms with Gasteiger partial charge in [-0.25, -0.2) is 0 Å². The Morgan fingerprint density at radius 3 is 2.71 bits per heavy atom. The molecule has 1 aromatic carbocycles. The Morgan fingerprint density at radius 2 is 2.04 bits per heavy atom. The number of hydrogen-bond acceptors (Lipinski definition) is 7. The number of carbonyl (C=O) groups excluding carboxylic acids is 2. The first-order valence-corrected chi connectivity index (χ1v) is 9.51. The van der Waals surface area contributed by atoms with Crippen LogP contribution in [0.15, 0.2) is 58.9 Å². The first kappa shape index (κ1) is 22.7. The maximum absolute atomic E-state index is 12.3. The van der Waals surface area contributed by atoms with Crippen molar-refractivity contribution in [3.63, 3.8) is 0 Å². The fourth-order valence-corrected chi connectivity index (χ4v) is 4.03. The number of allylic oxidation sites excluding steroid dienone is 4. The largest absolute Gasteiger partial charge is 1.00 e. The Bertz CT molecular complexity index is 911. The van der Waals surface area contributed by atoms with Gasteiger partial charge in [-0.2, -0.15) is 0 Å². The molecular formula is C19H17N2NaO4S2. The van der Waals surface area contributed by atoms with Crippen LogP contribution in [0.2, 0.25) is 0 Å². The van der Waals surface area contributed by atoms with Gasteiger partial charge >= 0.3 is 29.6 Å². The van der Waals surface area contributed by atoms with E-state index in [1.165, 1.54) is 0 Å². The number of hydrogen-bond donors (Lipinski definition) is 0. The second-order valence-corrected chi connectivity index (χ2v) is 7.55. The molecule has 1 fully saturated rings. The van der Waals surface area contributed by atoms with Gasteiger partial charge in [-0.15, -0.1) is 0 Å². The number of carbonyl (C=O) groups is 2. The summed E-state index contributed by atoms with van der Waals surface area (Å²) in [7, 11) is 0. The summed E-state index contributed by atoms with van der Waals surface area (Å²) in [6.45, 7) is 4.11. The second-order valence-electron chi connectivity index (χ2n) is 5.87. The molecule has 2 aliphatic heterocycles. The van der Waals surface area contributed by atoms with Crippen molar-refractivity contribution >= 4 is 45.9 Å². The summed E-state index contributed by atoms with van der Waals surface area (Å²) in [4.78, 5) is 26.5. The van der Waals surface area contributed by atoms with E-state index in [0.29, 0.717) is 10.8 Å². The summed E-state index contributed by atoms with van der Waals surface area (Å²) in [5.74, 6) is -0.257. The molecule has 1 aromatic rings. The molecule has 28 heavy (non-hydrogen) atoms. The van der Waals surface area contributed by atoms with Gasteiger partial charge in [0.25, 0.3) is 5.91 Å². The fourth-order valence-electron chi connectivity index (χ4n) is 2.73. The van der Waals surface area contributed by atoms with Gasteiger partial charge in [-0.3, -0.25) is 9.69 Å². The molecule has 3 rings (SSSR count). The normalized spacial score (nSPS) is 19.1. The predicted octanol–water partition coefficient (Wildman–Crippen LogP) is -0.809. The summed E-state index contributed by atoms with van der Waals surface area (Å²) < 4.78 is 6.09. The molecule has 9 heteroatoms. The average Bonchev–Trinajstić information content (AvgIpc) is 3.11. The van der Waals surface area contributed by atoms with Gasteiger partial charge < -0.3 is 19.5 Å². The van der Waals surface area contributed by atoms with E-state index in [1.54, 1.807) is 6.08 Å². The van der Waals surface area contributed by atoms with Crippen LogP contribution >= 0.6 is 24.0 Å². The number of anilines is 1. The average molecular weight is 424 g/mol. The van der Waals surface area contributed by atoms with Gasteiger partial charge in [0.15, 0.2) is 5.75 Å². The number of nitrogens with zero attached hydrogens (tertiary/aromatic N) is 2. The number of fused-ring (bicyclic) bond motifs is 1. The van der Waals surface area contributed by atoms with Crippen LogP contribution in [0.3, 0.4) is 0 Å². The van der Waals surface area contributed by atoms with Crippen LogP contribution in [-0.4, -0.2) is 34.2 Å². The molecule has 0 atom stereocenters. The first-order valence-electron chi connectivity index (χ1n) is 8.29. The summed E-state index contributed by atoms with van der Waals surface area (Å²) in [5, 5.41) is 10.7. The van der Waals surface area contributed by atoms with Crippen molar-refractivity contribution in [2.45, 2.75) is 13.8 Å². The van der Waals surface area contributed by atoms with E-state index in [0.717, 1.165) is 40.2 Å². The molecule has 1 saturated heterocycles. The summed E-state index contributed by atoms with van der Waals surface area (Å²) in [6.07, 6.45) is 5.37. The van der Waals surface area contributed by atoms with Crippen LogP contribution in [0.4, 0.5) is 5.69 Å². The number of rotatable bonds is 5. The molecular weight excluding hydrogens is 407 g/mol. The fraction of sp³-hybridized carbons (Fsp3) is 0.211. The van der Waals surface area contributed by atoms with Crippen LogP contribution < -0.4 is 44.3 Å². The van der Waals surface area contributed by atoms with Gasteiger partial charge in [-0.05, 0) is 43.7 Å².